The maximum Gasteiger partial charge on any atom is 0.307 e. The summed E-state index contributed by atoms with van der Waals surface area (Å²) in [6, 6.07) is 3.26. The van der Waals surface area contributed by atoms with Gasteiger partial charge in [-0.2, -0.15) is 0 Å². The van der Waals surface area contributed by atoms with Crippen LogP contribution in [0.5, 0.6) is 0 Å². The second-order valence-electron chi connectivity index (χ2n) is 2.81. The van der Waals surface area contributed by atoms with Crippen molar-refractivity contribution < 1.29 is 9.90 Å². The lowest BCUT2D eigenvalue weighted by atomic mass is 10.1. The molecule has 1 aromatic rings. The first-order valence-electron chi connectivity index (χ1n) is 3.93. The molecule has 76 valence electrons. The summed E-state index contributed by atoms with van der Waals surface area (Å²) >= 11 is 11.7. The number of halogens is 2. The van der Waals surface area contributed by atoms with Crippen molar-refractivity contribution in [3.05, 3.63) is 33.3 Å². The van der Waals surface area contributed by atoms with Crippen molar-refractivity contribution in [2.24, 2.45) is 5.73 Å². The molecule has 0 amide bonds. The van der Waals surface area contributed by atoms with E-state index in [-0.39, 0.29) is 6.42 Å². The molecule has 0 aliphatic rings. The van der Waals surface area contributed by atoms with Gasteiger partial charge in [0.1, 0.15) is 0 Å². The van der Waals surface area contributed by atoms with Crippen molar-refractivity contribution >= 4 is 29.2 Å². The molecule has 0 heterocycles. The Labute approximate surface area is 91.4 Å². The highest BCUT2D eigenvalue weighted by Gasteiger charge is 2.11. The number of nitrogens with two attached hydrogens (primary N) is 1. The summed E-state index contributed by atoms with van der Waals surface area (Å²) in [6.45, 7) is 0.326. The zero-order chi connectivity index (χ0) is 10.7. The summed E-state index contributed by atoms with van der Waals surface area (Å²) in [6.07, 6.45) is -0.178. The third kappa shape index (κ3) is 2.61. The molecule has 0 radical (unpaired) electrons. The van der Waals surface area contributed by atoms with E-state index in [4.69, 9.17) is 34.0 Å². The lowest BCUT2D eigenvalue weighted by Gasteiger charge is -2.06. The number of carboxylic acids is 1. The molecule has 14 heavy (non-hydrogen) atoms. The highest BCUT2D eigenvalue weighted by Crippen LogP contribution is 2.26. The molecule has 0 saturated carbocycles. The third-order valence-corrected chi connectivity index (χ3v) is 2.44. The zero-order valence-electron chi connectivity index (χ0n) is 7.26. The first kappa shape index (κ1) is 11.3. The highest BCUT2D eigenvalue weighted by molar-refractivity contribution is 6.36. The molecule has 0 spiro atoms. The average molecular weight is 234 g/mol. The number of hydrogen-bond acceptors (Lipinski definition) is 2. The Kier molecular flexibility index (Phi) is 3.75. The Bertz CT molecular complexity index is 343. The van der Waals surface area contributed by atoms with Crippen molar-refractivity contribution in [2.45, 2.75) is 13.0 Å². The van der Waals surface area contributed by atoms with Crippen molar-refractivity contribution in [1.82, 2.24) is 0 Å². The minimum absolute atomic E-state index is 0.178. The summed E-state index contributed by atoms with van der Waals surface area (Å²) in [5.41, 5.74) is 6.62. The van der Waals surface area contributed by atoms with Crippen LogP contribution in [-0.4, -0.2) is 11.1 Å². The molecule has 0 aliphatic heterocycles. The minimum atomic E-state index is -0.964. The van der Waals surface area contributed by atoms with E-state index in [1.807, 2.05) is 0 Å². The van der Waals surface area contributed by atoms with Crippen LogP contribution in [0.15, 0.2) is 12.1 Å². The molecule has 0 bridgehead atoms. The summed E-state index contributed by atoms with van der Waals surface area (Å²) < 4.78 is 0. The highest BCUT2D eigenvalue weighted by atomic mass is 35.5. The molecule has 5 heteroatoms. The third-order valence-electron chi connectivity index (χ3n) is 1.76. The second kappa shape index (κ2) is 4.64. The van der Waals surface area contributed by atoms with Crippen LogP contribution >= 0.6 is 23.2 Å². The first-order valence-corrected chi connectivity index (χ1v) is 4.69. The van der Waals surface area contributed by atoms with E-state index in [0.717, 1.165) is 5.56 Å². The minimum Gasteiger partial charge on any atom is -0.481 e. The number of rotatable bonds is 3. The fourth-order valence-electron chi connectivity index (χ4n) is 1.09. The van der Waals surface area contributed by atoms with Crippen molar-refractivity contribution in [1.29, 1.82) is 0 Å². The predicted octanol–water partition coefficient (Wildman–Crippen LogP) is 2.08. The largest absolute Gasteiger partial charge is 0.481 e. The molecule has 0 saturated heterocycles. The number of hydrogen-bond donors (Lipinski definition) is 2. The Hall–Kier alpha value is -0.770. The number of carboxylic acid groups (broad SMARTS) is 1. The molecule has 0 aromatic heterocycles. The van der Waals surface area contributed by atoms with Crippen molar-refractivity contribution in [3.63, 3.8) is 0 Å². The van der Waals surface area contributed by atoms with E-state index in [1.54, 1.807) is 12.1 Å². The summed E-state index contributed by atoms with van der Waals surface area (Å²) in [5, 5.41) is 9.30. The molecule has 0 fully saturated rings. The summed E-state index contributed by atoms with van der Waals surface area (Å²) in [4.78, 5) is 10.5. The normalized spacial score (nSPS) is 10.2. The van der Waals surface area contributed by atoms with E-state index in [0.29, 0.717) is 22.2 Å². The molecule has 3 nitrogen and oxygen atoms in total. The van der Waals surface area contributed by atoms with E-state index in [1.165, 1.54) is 0 Å². The molecule has 1 aromatic carbocycles. The smallest absolute Gasteiger partial charge is 0.307 e. The van der Waals surface area contributed by atoms with Gasteiger partial charge in [-0.15, -0.1) is 0 Å². The standard InChI is InChI=1S/C9H9Cl2NO2/c10-7-1-5(4-12)2-8(11)6(7)3-9(13)14/h1-2H,3-4,12H2,(H,13,14). The van der Waals surface area contributed by atoms with Gasteiger partial charge in [0.15, 0.2) is 0 Å². The van der Waals surface area contributed by atoms with Crippen LogP contribution in [-0.2, 0) is 17.8 Å². The Morgan fingerprint density at radius 1 is 1.36 bits per heavy atom. The maximum atomic E-state index is 10.5. The van der Waals surface area contributed by atoms with E-state index in [9.17, 15) is 4.79 Å². The van der Waals surface area contributed by atoms with Gasteiger partial charge in [0.25, 0.3) is 0 Å². The van der Waals surface area contributed by atoms with Crippen molar-refractivity contribution in [3.8, 4) is 0 Å². The molecular weight excluding hydrogens is 225 g/mol. The van der Waals surface area contributed by atoms with E-state index in [2.05, 4.69) is 0 Å². The van der Waals surface area contributed by atoms with Gasteiger partial charge >= 0.3 is 5.97 Å². The van der Waals surface area contributed by atoms with E-state index < -0.39 is 5.97 Å². The topological polar surface area (TPSA) is 63.3 Å². The lowest BCUT2D eigenvalue weighted by Crippen LogP contribution is -2.03. The second-order valence-corrected chi connectivity index (χ2v) is 3.63. The monoisotopic (exact) mass is 233 g/mol. The van der Waals surface area contributed by atoms with Crippen LogP contribution in [0.4, 0.5) is 0 Å². The Morgan fingerprint density at radius 2 is 1.86 bits per heavy atom. The van der Waals surface area contributed by atoms with Gasteiger partial charge in [-0.25, -0.2) is 0 Å². The maximum absolute atomic E-state index is 10.5. The fraction of sp³-hybridized carbons (Fsp3) is 0.222. The van der Waals surface area contributed by atoms with Crippen LogP contribution in [0.3, 0.4) is 0 Å². The Balaban J connectivity index is 3.11. The van der Waals surface area contributed by atoms with Gasteiger partial charge < -0.3 is 10.8 Å². The van der Waals surface area contributed by atoms with Gasteiger partial charge in [0, 0.05) is 22.2 Å². The van der Waals surface area contributed by atoms with Gasteiger partial charge in [-0.05, 0) is 17.7 Å². The summed E-state index contributed by atoms with van der Waals surface area (Å²) in [5.74, 6) is -0.964. The first-order chi connectivity index (χ1) is 6.54. The molecule has 0 unspecified atom stereocenters. The molecular formula is C9H9Cl2NO2. The number of benzene rings is 1. The van der Waals surface area contributed by atoms with E-state index >= 15 is 0 Å². The van der Waals surface area contributed by atoms with Gasteiger partial charge in [-0.1, -0.05) is 23.2 Å². The number of aliphatic carboxylic acids is 1. The predicted molar refractivity (Wildman–Crippen MR) is 55.7 cm³/mol. The van der Waals surface area contributed by atoms with Gasteiger partial charge in [-0.3, -0.25) is 4.79 Å². The van der Waals surface area contributed by atoms with Crippen molar-refractivity contribution in [2.75, 3.05) is 0 Å². The van der Waals surface area contributed by atoms with Gasteiger partial charge in [0.2, 0.25) is 0 Å². The molecule has 1 rings (SSSR count). The number of carbonyl (C=O) groups is 1. The summed E-state index contributed by atoms with van der Waals surface area (Å²) in [7, 11) is 0. The molecule has 3 N–H and O–H groups in total. The zero-order valence-corrected chi connectivity index (χ0v) is 8.77. The van der Waals surface area contributed by atoms with Gasteiger partial charge in [0.05, 0.1) is 6.42 Å². The molecule has 0 aliphatic carbocycles. The lowest BCUT2D eigenvalue weighted by molar-refractivity contribution is -0.136. The van der Waals surface area contributed by atoms with Crippen LogP contribution in [0.1, 0.15) is 11.1 Å². The fourth-order valence-corrected chi connectivity index (χ4v) is 1.76. The molecule has 0 atom stereocenters. The van der Waals surface area contributed by atoms with Crippen LogP contribution < -0.4 is 5.73 Å². The van der Waals surface area contributed by atoms with Crippen LogP contribution in [0.25, 0.3) is 0 Å². The van der Waals surface area contributed by atoms with Crippen LogP contribution in [0, 0.1) is 0 Å². The van der Waals surface area contributed by atoms with Crippen LogP contribution in [0.2, 0.25) is 10.0 Å². The average Bonchev–Trinajstić information content (AvgIpc) is 2.10. The quantitative estimate of drug-likeness (QED) is 0.841. The Morgan fingerprint density at radius 3 is 2.21 bits per heavy atom. The SMILES string of the molecule is NCc1cc(Cl)c(CC(=O)O)c(Cl)c1.